The number of ketones is 1. The summed E-state index contributed by atoms with van der Waals surface area (Å²) in [6.45, 7) is 2.08. The molecular formula is C21H28N2O5. The molecule has 2 fully saturated rings. The number of hydrogen-bond donors (Lipinski definition) is 4. The molecule has 2 aliphatic rings. The van der Waals surface area contributed by atoms with Gasteiger partial charge in [-0.3, -0.25) is 20.2 Å². The van der Waals surface area contributed by atoms with Crippen LogP contribution in [0.3, 0.4) is 0 Å². The molecule has 7 nitrogen and oxygen atoms in total. The van der Waals surface area contributed by atoms with Crippen LogP contribution < -0.4 is 10.6 Å². The number of rotatable bonds is 8. The summed E-state index contributed by atoms with van der Waals surface area (Å²) in [7, 11) is 0. The van der Waals surface area contributed by atoms with Gasteiger partial charge in [0.2, 0.25) is 0 Å². The lowest BCUT2D eigenvalue weighted by Gasteiger charge is -2.36. The summed E-state index contributed by atoms with van der Waals surface area (Å²) in [6.07, 6.45) is 3.81. The topological polar surface area (TPSA) is 116 Å². The summed E-state index contributed by atoms with van der Waals surface area (Å²) in [5, 5.41) is 25.4. The zero-order valence-electron chi connectivity index (χ0n) is 16.1. The van der Waals surface area contributed by atoms with E-state index < -0.39 is 35.3 Å². The molecule has 0 bridgehead atoms. The number of fused-ring (bicyclic) bond motifs is 1. The van der Waals surface area contributed by atoms with Crippen molar-refractivity contribution in [2.75, 3.05) is 6.54 Å². The average Bonchev–Trinajstić information content (AvgIpc) is 3.08. The van der Waals surface area contributed by atoms with Gasteiger partial charge in [0.15, 0.2) is 11.3 Å². The van der Waals surface area contributed by atoms with E-state index in [2.05, 4.69) is 10.6 Å². The second-order valence-corrected chi connectivity index (χ2v) is 7.98. The van der Waals surface area contributed by atoms with Crippen molar-refractivity contribution in [1.82, 2.24) is 10.6 Å². The van der Waals surface area contributed by atoms with Crippen LogP contribution in [0.1, 0.15) is 38.2 Å². The molecule has 1 heterocycles. The molecule has 1 aliphatic heterocycles. The number of benzene rings is 1. The molecule has 7 heteroatoms. The van der Waals surface area contributed by atoms with Gasteiger partial charge < -0.3 is 10.2 Å². The van der Waals surface area contributed by atoms with Gasteiger partial charge in [0.25, 0.3) is 0 Å². The van der Waals surface area contributed by atoms with E-state index in [1.54, 1.807) is 6.92 Å². The van der Waals surface area contributed by atoms with Gasteiger partial charge in [-0.15, -0.1) is 0 Å². The van der Waals surface area contributed by atoms with Crippen LogP contribution in [-0.4, -0.2) is 52.1 Å². The normalized spacial score (nSPS) is 28.9. The van der Waals surface area contributed by atoms with E-state index in [4.69, 9.17) is 0 Å². The first-order valence-corrected chi connectivity index (χ1v) is 9.91. The Morgan fingerprint density at radius 3 is 2.50 bits per heavy atom. The molecule has 4 unspecified atom stereocenters. The second-order valence-electron chi connectivity index (χ2n) is 7.98. The van der Waals surface area contributed by atoms with E-state index in [0.29, 0.717) is 13.0 Å². The molecular weight excluding hydrogens is 360 g/mol. The first-order chi connectivity index (χ1) is 13.4. The maximum atomic E-state index is 13.3. The Hall–Kier alpha value is -2.25. The van der Waals surface area contributed by atoms with Crippen LogP contribution in [-0.2, 0) is 20.8 Å². The SMILES string of the molecule is C[C@H](NC(Cc1ccccc1)C(=O)O)C(=O)C1(C(=O)O)NCC2CCCCC21. The lowest BCUT2D eigenvalue weighted by Crippen LogP contribution is -2.64. The van der Waals surface area contributed by atoms with Gasteiger partial charge in [-0.2, -0.15) is 0 Å². The number of carboxylic acids is 2. The van der Waals surface area contributed by atoms with E-state index in [-0.39, 0.29) is 18.3 Å². The predicted molar refractivity (Wildman–Crippen MR) is 103 cm³/mol. The molecule has 0 radical (unpaired) electrons. The fraction of sp³-hybridized carbons (Fsp3) is 0.571. The van der Waals surface area contributed by atoms with E-state index in [0.717, 1.165) is 24.8 Å². The number of nitrogens with one attached hydrogen (secondary N) is 2. The number of hydrogen-bond acceptors (Lipinski definition) is 5. The van der Waals surface area contributed by atoms with E-state index >= 15 is 0 Å². The number of carbonyl (C=O) groups excluding carboxylic acids is 1. The number of aliphatic carboxylic acids is 2. The molecule has 1 saturated heterocycles. The summed E-state index contributed by atoms with van der Waals surface area (Å²) >= 11 is 0. The Labute approximate surface area is 164 Å². The Morgan fingerprint density at radius 2 is 1.86 bits per heavy atom. The first-order valence-electron chi connectivity index (χ1n) is 9.91. The van der Waals surface area contributed by atoms with Crippen LogP contribution >= 0.6 is 0 Å². The fourth-order valence-corrected chi connectivity index (χ4v) is 4.84. The minimum Gasteiger partial charge on any atom is -0.480 e. The van der Waals surface area contributed by atoms with E-state index in [1.807, 2.05) is 30.3 Å². The van der Waals surface area contributed by atoms with Gasteiger partial charge in [0.1, 0.15) is 6.04 Å². The predicted octanol–water partition coefficient (Wildman–Crippen LogP) is 1.46. The Morgan fingerprint density at radius 1 is 1.18 bits per heavy atom. The van der Waals surface area contributed by atoms with Crippen LogP contribution in [0.2, 0.25) is 0 Å². The number of carboxylic acid groups (broad SMARTS) is 2. The van der Waals surface area contributed by atoms with E-state index in [1.165, 1.54) is 0 Å². The van der Waals surface area contributed by atoms with Crippen molar-refractivity contribution >= 4 is 17.7 Å². The van der Waals surface area contributed by atoms with Gasteiger partial charge in [-0.05, 0) is 50.1 Å². The highest BCUT2D eigenvalue weighted by molar-refractivity contribution is 6.11. The third-order valence-electron chi connectivity index (χ3n) is 6.26. The van der Waals surface area contributed by atoms with Crippen LogP contribution in [0.4, 0.5) is 0 Å². The third kappa shape index (κ3) is 3.82. The van der Waals surface area contributed by atoms with Crippen molar-refractivity contribution in [3.8, 4) is 0 Å². The minimum absolute atomic E-state index is 0.181. The van der Waals surface area contributed by atoms with Crippen molar-refractivity contribution < 1.29 is 24.6 Å². The monoisotopic (exact) mass is 388 g/mol. The zero-order valence-corrected chi connectivity index (χ0v) is 16.1. The van der Waals surface area contributed by atoms with Gasteiger partial charge >= 0.3 is 11.9 Å². The average molecular weight is 388 g/mol. The molecule has 0 aromatic heterocycles. The molecule has 0 amide bonds. The molecule has 1 aromatic rings. The highest BCUT2D eigenvalue weighted by Gasteiger charge is 2.59. The van der Waals surface area contributed by atoms with Crippen molar-refractivity contribution in [3.05, 3.63) is 35.9 Å². The molecule has 1 aromatic carbocycles. The van der Waals surface area contributed by atoms with Gasteiger partial charge in [0.05, 0.1) is 6.04 Å². The van der Waals surface area contributed by atoms with Crippen LogP contribution in [0.5, 0.6) is 0 Å². The molecule has 1 aliphatic carbocycles. The number of carbonyl (C=O) groups is 3. The maximum Gasteiger partial charge on any atom is 0.332 e. The molecule has 1 saturated carbocycles. The van der Waals surface area contributed by atoms with Gasteiger partial charge in [-0.1, -0.05) is 43.2 Å². The summed E-state index contributed by atoms with van der Waals surface area (Å²) < 4.78 is 0. The Balaban J connectivity index is 1.77. The Bertz CT molecular complexity index is 738. The summed E-state index contributed by atoms with van der Waals surface area (Å²) in [5.41, 5.74) is -0.797. The molecule has 0 spiro atoms. The van der Waals surface area contributed by atoms with Crippen LogP contribution in [0.15, 0.2) is 30.3 Å². The van der Waals surface area contributed by atoms with E-state index in [9.17, 15) is 24.6 Å². The summed E-state index contributed by atoms with van der Waals surface area (Å²) in [5.74, 6) is -2.76. The number of Topliss-reactive ketones (excluding diaryl/α,β-unsaturated/α-hetero) is 1. The second kappa shape index (κ2) is 8.41. The highest BCUT2D eigenvalue weighted by Crippen LogP contribution is 2.42. The summed E-state index contributed by atoms with van der Waals surface area (Å²) in [6, 6.07) is 7.29. The quantitative estimate of drug-likeness (QED) is 0.498. The zero-order chi connectivity index (χ0) is 20.3. The van der Waals surface area contributed by atoms with Crippen LogP contribution in [0, 0.1) is 11.8 Å². The van der Waals surface area contributed by atoms with Crippen molar-refractivity contribution in [1.29, 1.82) is 0 Å². The lowest BCUT2D eigenvalue weighted by molar-refractivity contribution is -0.153. The summed E-state index contributed by atoms with van der Waals surface area (Å²) in [4.78, 5) is 37.2. The van der Waals surface area contributed by atoms with Crippen molar-refractivity contribution in [3.63, 3.8) is 0 Å². The minimum atomic E-state index is -1.63. The fourth-order valence-electron chi connectivity index (χ4n) is 4.84. The Kier molecular flexibility index (Phi) is 6.15. The first kappa shape index (κ1) is 20.5. The molecule has 3 rings (SSSR count). The highest BCUT2D eigenvalue weighted by atomic mass is 16.4. The van der Waals surface area contributed by atoms with Crippen molar-refractivity contribution in [2.24, 2.45) is 11.8 Å². The van der Waals surface area contributed by atoms with Gasteiger partial charge in [0, 0.05) is 0 Å². The van der Waals surface area contributed by atoms with Crippen LogP contribution in [0.25, 0.3) is 0 Å². The maximum absolute atomic E-state index is 13.3. The molecule has 152 valence electrons. The lowest BCUT2D eigenvalue weighted by atomic mass is 9.69. The standard InChI is InChI=1S/C21H28N2O5/c1-13(23-17(19(25)26)11-14-7-3-2-4-8-14)18(24)21(20(27)28)16-10-6-5-9-15(16)12-22-21/h2-4,7-8,13,15-17,22-23H,5-6,9-12H2,1H3,(H,25,26)(H,27,28)/t13-,15?,16?,17?,21?/m0/s1. The largest absolute Gasteiger partial charge is 0.480 e. The smallest absolute Gasteiger partial charge is 0.332 e. The third-order valence-corrected chi connectivity index (χ3v) is 6.26. The molecule has 4 N–H and O–H groups in total. The van der Waals surface area contributed by atoms with Crippen molar-refractivity contribution in [2.45, 2.75) is 56.7 Å². The molecule has 5 atom stereocenters. The van der Waals surface area contributed by atoms with Gasteiger partial charge in [-0.25, -0.2) is 4.79 Å². The molecule has 28 heavy (non-hydrogen) atoms.